The number of amides is 3. The number of nitrogens with one attached hydrogen (secondary N) is 3. The van der Waals surface area contributed by atoms with Crippen molar-refractivity contribution in [2.75, 3.05) is 39.5 Å². The number of ketones is 1. The lowest BCUT2D eigenvalue weighted by Crippen LogP contribution is -2.41. The number of carboxylic acids is 2. The van der Waals surface area contributed by atoms with Crippen LogP contribution in [0.15, 0.2) is 0 Å². The van der Waals surface area contributed by atoms with Crippen molar-refractivity contribution in [1.82, 2.24) is 16.0 Å². The van der Waals surface area contributed by atoms with Gasteiger partial charge >= 0.3 is 11.9 Å². The summed E-state index contributed by atoms with van der Waals surface area (Å²) < 4.78 is 11.2. The minimum absolute atomic E-state index is 0.0186. The molecule has 0 saturated heterocycles. The van der Waals surface area contributed by atoms with Crippen molar-refractivity contribution < 1.29 is 48.5 Å². The molecule has 13 nitrogen and oxygen atoms in total. The number of carboxylic acid groups (broad SMARTS) is 2. The van der Waals surface area contributed by atoms with E-state index < -0.39 is 23.9 Å². The van der Waals surface area contributed by atoms with Crippen LogP contribution in [0.3, 0.4) is 0 Å². The molecule has 0 aromatic carbocycles. The van der Waals surface area contributed by atoms with E-state index in [0.717, 1.165) is 51.4 Å². The van der Waals surface area contributed by atoms with E-state index in [1.54, 1.807) is 0 Å². The second-order valence-electron chi connectivity index (χ2n) is 14.1. The van der Waals surface area contributed by atoms with Gasteiger partial charge < -0.3 is 40.4 Å². The number of carbonyl (C=O) groups excluding carboxylic acids is 4. The maximum atomic E-state index is 12.1. The summed E-state index contributed by atoms with van der Waals surface area (Å²) in [6, 6.07) is -1.14. The molecule has 308 valence electrons. The number of hydrogen-bond donors (Lipinski definition) is 5. The molecule has 0 aliphatic heterocycles. The van der Waals surface area contributed by atoms with Crippen LogP contribution in [0.5, 0.6) is 0 Å². The van der Waals surface area contributed by atoms with Gasteiger partial charge in [0.1, 0.15) is 11.8 Å². The number of carbonyl (C=O) groups is 6. The van der Waals surface area contributed by atoms with Crippen molar-refractivity contribution in [2.45, 2.75) is 180 Å². The van der Waals surface area contributed by atoms with Crippen molar-refractivity contribution in [1.29, 1.82) is 0 Å². The van der Waals surface area contributed by atoms with E-state index in [0.29, 0.717) is 58.8 Å². The first-order valence-corrected chi connectivity index (χ1v) is 20.5. The summed E-state index contributed by atoms with van der Waals surface area (Å²) in [6.45, 7) is 4.77. The molecule has 0 spiro atoms. The van der Waals surface area contributed by atoms with Gasteiger partial charge in [0.15, 0.2) is 0 Å². The maximum absolute atomic E-state index is 12.1. The SMILES string of the molecule is CC(=O)CCC(NC(=O)CCC(=O)NCCCOCCCCOCCCNC(=O)CCCCCCCCCCCCCCCCCCC(=O)O)C(=O)O. The van der Waals surface area contributed by atoms with Crippen LogP contribution in [0.2, 0.25) is 0 Å². The highest BCUT2D eigenvalue weighted by atomic mass is 16.5. The Kier molecular flexibility index (Phi) is 35.1. The molecular weight excluding hydrogens is 682 g/mol. The van der Waals surface area contributed by atoms with Crippen molar-refractivity contribution in [3.8, 4) is 0 Å². The van der Waals surface area contributed by atoms with E-state index in [1.807, 2.05) is 0 Å². The molecule has 3 amide bonds. The van der Waals surface area contributed by atoms with E-state index in [4.69, 9.17) is 19.7 Å². The second kappa shape index (κ2) is 37.3. The summed E-state index contributed by atoms with van der Waals surface area (Å²) in [5, 5.41) is 25.8. The molecular formula is C40H73N3O10. The Morgan fingerprint density at radius 1 is 0.453 bits per heavy atom. The minimum atomic E-state index is -1.21. The fourth-order valence-electron chi connectivity index (χ4n) is 5.73. The lowest BCUT2D eigenvalue weighted by atomic mass is 10.0. The number of aliphatic carboxylic acids is 2. The molecule has 0 heterocycles. The molecule has 0 fully saturated rings. The van der Waals surface area contributed by atoms with E-state index in [9.17, 15) is 28.8 Å². The normalized spacial score (nSPS) is 11.6. The quantitative estimate of drug-likeness (QED) is 0.0423. The van der Waals surface area contributed by atoms with Crippen LogP contribution < -0.4 is 16.0 Å². The van der Waals surface area contributed by atoms with E-state index in [-0.39, 0.29) is 43.3 Å². The van der Waals surface area contributed by atoms with Crippen LogP contribution in [0.25, 0.3) is 0 Å². The highest BCUT2D eigenvalue weighted by Crippen LogP contribution is 2.14. The van der Waals surface area contributed by atoms with Crippen LogP contribution in [-0.4, -0.2) is 91.2 Å². The Bertz CT molecular complexity index is 978. The zero-order valence-corrected chi connectivity index (χ0v) is 32.9. The Morgan fingerprint density at radius 2 is 0.830 bits per heavy atom. The monoisotopic (exact) mass is 756 g/mol. The fourth-order valence-corrected chi connectivity index (χ4v) is 5.73. The van der Waals surface area contributed by atoms with Crippen molar-refractivity contribution in [2.24, 2.45) is 0 Å². The molecule has 0 radical (unpaired) electrons. The predicted octanol–water partition coefficient (Wildman–Crippen LogP) is 6.64. The molecule has 0 aliphatic rings. The van der Waals surface area contributed by atoms with Crippen molar-refractivity contribution >= 4 is 35.4 Å². The van der Waals surface area contributed by atoms with E-state index in [1.165, 1.54) is 77.6 Å². The Hall–Kier alpha value is -3.06. The zero-order chi connectivity index (χ0) is 39.2. The molecule has 5 N–H and O–H groups in total. The highest BCUT2D eigenvalue weighted by molar-refractivity contribution is 5.87. The lowest BCUT2D eigenvalue weighted by Gasteiger charge is -2.13. The van der Waals surface area contributed by atoms with Gasteiger partial charge in [-0.1, -0.05) is 89.9 Å². The largest absolute Gasteiger partial charge is 0.481 e. The van der Waals surface area contributed by atoms with Gasteiger partial charge in [0.25, 0.3) is 0 Å². The number of Topliss-reactive ketones (excluding diaryl/α,β-unsaturated/α-hetero) is 1. The van der Waals surface area contributed by atoms with Crippen LogP contribution in [0.1, 0.15) is 174 Å². The molecule has 13 heteroatoms. The van der Waals surface area contributed by atoms with Gasteiger partial charge in [-0.2, -0.15) is 0 Å². The first kappa shape index (κ1) is 49.9. The van der Waals surface area contributed by atoms with Gasteiger partial charge in [-0.25, -0.2) is 4.79 Å². The third kappa shape index (κ3) is 38.5. The van der Waals surface area contributed by atoms with Crippen molar-refractivity contribution in [3.05, 3.63) is 0 Å². The molecule has 0 saturated carbocycles. The van der Waals surface area contributed by atoms with Gasteiger partial charge in [-0.05, 0) is 51.9 Å². The molecule has 0 aromatic rings. The van der Waals surface area contributed by atoms with Gasteiger partial charge in [0.2, 0.25) is 17.7 Å². The number of hydrogen-bond acceptors (Lipinski definition) is 8. The van der Waals surface area contributed by atoms with Crippen LogP contribution in [0, 0.1) is 0 Å². The zero-order valence-electron chi connectivity index (χ0n) is 32.9. The number of ether oxygens (including phenoxy) is 2. The predicted molar refractivity (Wildman–Crippen MR) is 206 cm³/mol. The fraction of sp³-hybridized carbons (Fsp3) is 0.850. The molecule has 0 aliphatic carbocycles. The van der Waals surface area contributed by atoms with Gasteiger partial charge in [0.05, 0.1) is 0 Å². The van der Waals surface area contributed by atoms with Crippen molar-refractivity contribution in [3.63, 3.8) is 0 Å². The standard InChI is InChI=1S/C40H73N3O10/c1-34(44)24-25-35(40(50)51)43-38(47)27-26-37(46)42-29-21-33-53-31-19-18-30-52-32-20-28-41-36(45)22-16-14-12-10-8-6-4-2-3-5-7-9-11-13-15-17-23-39(48)49/h35H,2-33H2,1H3,(H,41,45)(H,42,46)(H,43,47)(H,48,49)(H,50,51). The number of rotatable bonds is 40. The smallest absolute Gasteiger partial charge is 0.326 e. The topological polar surface area (TPSA) is 197 Å². The molecule has 0 rings (SSSR count). The Morgan fingerprint density at radius 3 is 1.25 bits per heavy atom. The average molecular weight is 756 g/mol. The Balaban J connectivity index is 3.38. The maximum Gasteiger partial charge on any atom is 0.326 e. The molecule has 0 bridgehead atoms. The summed E-state index contributed by atoms with van der Waals surface area (Å²) in [7, 11) is 0. The average Bonchev–Trinajstić information content (AvgIpc) is 3.11. The van der Waals surface area contributed by atoms with Crippen LogP contribution in [0.4, 0.5) is 0 Å². The second-order valence-corrected chi connectivity index (χ2v) is 14.1. The highest BCUT2D eigenvalue weighted by Gasteiger charge is 2.20. The third-order valence-electron chi connectivity index (χ3n) is 8.94. The third-order valence-corrected chi connectivity index (χ3v) is 8.94. The first-order valence-electron chi connectivity index (χ1n) is 20.5. The lowest BCUT2D eigenvalue weighted by molar-refractivity contribution is -0.142. The molecule has 1 atom stereocenters. The van der Waals surface area contributed by atoms with Crippen LogP contribution in [-0.2, 0) is 38.2 Å². The van der Waals surface area contributed by atoms with Gasteiger partial charge in [-0.15, -0.1) is 0 Å². The molecule has 1 unspecified atom stereocenters. The van der Waals surface area contributed by atoms with E-state index in [2.05, 4.69) is 16.0 Å². The summed E-state index contributed by atoms with van der Waals surface area (Å²) in [5.41, 5.74) is 0. The van der Waals surface area contributed by atoms with Gasteiger partial charge in [-0.3, -0.25) is 19.2 Å². The van der Waals surface area contributed by atoms with E-state index >= 15 is 0 Å². The van der Waals surface area contributed by atoms with Gasteiger partial charge in [0, 0.05) is 71.6 Å². The summed E-state index contributed by atoms with van der Waals surface area (Å²) in [4.78, 5) is 68.7. The minimum Gasteiger partial charge on any atom is -0.481 e. The molecule has 53 heavy (non-hydrogen) atoms. The summed E-state index contributed by atoms with van der Waals surface area (Å²) >= 11 is 0. The Labute approximate surface area is 318 Å². The first-order chi connectivity index (χ1) is 25.6. The van der Waals surface area contributed by atoms with Crippen LogP contribution >= 0.6 is 0 Å². The molecule has 0 aromatic heterocycles. The number of unbranched alkanes of at least 4 members (excludes halogenated alkanes) is 16. The summed E-state index contributed by atoms with van der Waals surface area (Å²) in [6.07, 6.45) is 23.2. The summed E-state index contributed by atoms with van der Waals surface area (Å²) in [5.74, 6) is -2.77.